The van der Waals surface area contributed by atoms with E-state index in [0.29, 0.717) is 11.4 Å². The molecule has 30 heavy (non-hydrogen) atoms. The lowest BCUT2D eigenvalue weighted by Gasteiger charge is -2.10. The Bertz CT molecular complexity index is 1210. The summed E-state index contributed by atoms with van der Waals surface area (Å²) in [7, 11) is -3.80. The number of carbonyl (C=O) groups excluding carboxylic acids is 1. The van der Waals surface area contributed by atoms with Crippen LogP contribution in [0.25, 0.3) is 0 Å². The Balaban J connectivity index is 1.76. The van der Waals surface area contributed by atoms with Crippen LogP contribution in [0.15, 0.2) is 76.1 Å². The van der Waals surface area contributed by atoms with E-state index in [1.807, 2.05) is 0 Å². The molecule has 10 heteroatoms. The second kappa shape index (κ2) is 8.64. The van der Waals surface area contributed by atoms with Crippen LogP contribution < -0.4 is 10.0 Å². The van der Waals surface area contributed by atoms with Crippen LogP contribution in [0.5, 0.6) is 0 Å². The molecule has 0 radical (unpaired) electrons. The van der Waals surface area contributed by atoms with Crippen LogP contribution in [-0.2, 0) is 10.0 Å². The van der Waals surface area contributed by atoms with Gasteiger partial charge >= 0.3 is 0 Å². The predicted octanol–water partition coefficient (Wildman–Crippen LogP) is 4.72. The summed E-state index contributed by atoms with van der Waals surface area (Å²) in [5.41, 5.74) is 1.03. The lowest BCUT2D eigenvalue weighted by Crippen LogP contribution is -2.15. The van der Waals surface area contributed by atoms with Crippen LogP contribution in [0.3, 0.4) is 0 Å². The minimum Gasteiger partial charge on any atom is -0.322 e. The zero-order chi connectivity index (χ0) is 21.9. The largest absolute Gasteiger partial charge is 0.322 e. The summed E-state index contributed by atoms with van der Waals surface area (Å²) < 4.78 is 28.3. The van der Waals surface area contributed by atoms with Gasteiger partial charge in [0.25, 0.3) is 21.6 Å². The smallest absolute Gasteiger partial charge is 0.273 e. The van der Waals surface area contributed by atoms with E-state index < -0.39 is 20.9 Å². The van der Waals surface area contributed by atoms with E-state index in [9.17, 15) is 23.3 Å². The van der Waals surface area contributed by atoms with Crippen LogP contribution in [0, 0.1) is 17.0 Å². The Labute approximate surface area is 181 Å². The van der Waals surface area contributed by atoms with Crippen molar-refractivity contribution in [2.75, 3.05) is 10.0 Å². The number of halogens is 1. The fourth-order valence-electron chi connectivity index (χ4n) is 2.72. The summed E-state index contributed by atoms with van der Waals surface area (Å²) >= 11 is 3.28. The van der Waals surface area contributed by atoms with Gasteiger partial charge in [0.1, 0.15) is 0 Å². The number of nitro groups is 1. The van der Waals surface area contributed by atoms with Gasteiger partial charge in [-0.2, -0.15) is 0 Å². The highest BCUT2D eigenvalue weighted by Gasteiger charge is 2.19. The summed E-state index contributed by atoms with van der Waals surface area (Å²) in [6.45, 7) is 1.50. The second-order valence-electron chi connectivity index (χ2n) is 6.30. The van der Waals surface area contributed by atoms with Crippen molar-refractivity contribution >= 4 is 48.9 Å². The molecule has 0 bridgehead atoms. The third kappa shape index (κ3) is 4.84. The molecule has 0 aromatic heterocycles. The van der Waals surface area contributed by atoms with E-state index in [0.717, 1.165) is 4.47 Å². The van der Waals surface area contributed by atoms with Crippen LogP contribution in [-0.4, -0.2) is 19.2 Å². The number of nitrogens with one attached hydrogen (secondary N) is 2. The highest BCUT2D eigenvalue weighted by Crippen LogP contribution is 2.23. The summed E-state index contributed by atoms with van der Waals surface area (Å²) in [5, 5.41) is 13.7. The number of carbonyl (C=O) groups is 1. The van der Waals surface area contributed by atoms with Gasteiger partial charge in [0.05, 0.1) is 9.82 Å². The van der Waals surface area contributed by atoms with E-state index in [4.69, 9.17) is 0 Å². The zero-order valence-electron chi connectivity index (χ0n) is 15.6. The minimum atomic E-state index is -3.80. The molecule has 1 amide bonds. The predicted molar refractivity (Wildman–Crippen MR) is 117 cm³/mol. The van der Waals surface area contributed by atoms with Gasteiger partial charge < -0.3 is 5.32 Å². The first kappa shape index (κ1) is 21.5. The summed E-state index contributed by atoms with van der Waals surface area (Å²) in [6, 6.07) is 16.5. The summed E-state index contributed by atoms with van der Waals surface area (Å²) in [5.74, 6) is -0.528. The molecule has 0 unspecified atom stereocenters. The average molecular weight is 490 g/mol. The average Bonchev–Trinajstić information content (AvgIpc) is 2.70. The quantitative estimate of drug-likeness (QED) is 0.383. The Hall–Kier alpha value is -3.24. The molecular weight excluding hydrogens is 474 g/mol. The molecular formula is C20H16BrN3O5S. The minimum absolute atomic E-state index is 0.0231. The van der Waals surface area contributed by atoms with Crippen LogP contribution in [0.4, 0.5) is 17.1 Å². The SMILES string of the molecule is Cc1c(C(=O)Nc2ccc(S(=O)(=O)Nc3ccc(Br)cc3)cc2)cccc1[N+](=O)[O-]. The van der Waals surface area contributed by atoms with E-state index in [2.05, 4.69) is 26.0 Å². The molecule has 2 N–H and O–H groups in total. The highest BCUT2D eigenvalue weighted by atomic mass is 79.9. The lowest BCUT2D eigenvalue weighted by atomic mass is 10.1. The third-order valence-electron chi connectivity index (χ3n) is 4.27. The van der Waals surface area contributed by atoms with Gasteiger partial charge in [-0.15, -0.1) is 0 Å². The number of nitro benzene ring substituents is 1. The maximum Gasteiger partial charge on any atom is 0.273 e. The van der Waals surface area contributed by atoms with Crippen molar-refractivity contribution in [2.24, 2.45) is 0 Å². The Morgan fingerprint density at radius 1 is 0.967 bits per heavy atom. The van der Waals surface area contributed by atoms with Crippen LogP contribution in [0.1, 0.15) is 15.9 Å². The van der Waals surface area contributed by atoms with Crippen LogP contribution in [0.2, 0.25) is 0 Å². The first-order valence-electron chi connectivity index (χ1n) is 8.61. The molecule has 8 nitrogen and oxygen atoms in total. The molecule has 0 aliphatic carbocycles. The second-order valence-corrected chi connectivity index (χ2v) is 8.90. The van der Waals surface area contributed by atoms with E-state index in [1.54, 1.807) is 24.3 Å². The van der Waals surface area contributed by atoms with Gasteiger partial charge in [-0.05, 0) is 61.5 Å². The van der Waals surface area contributed by atoms with Gasteiger partial charge in [-0.1, -0.05) is 22.0 Å². The monoisotopic (exact) mass is 489 g/mol. The number of amides is 1. The maximum absolute atomic E-state index is 12.5. The van der Waals surface area contributed by atoms with E-state index in [1.165, 1.54) is 49.4 Å². The summed E-state index contributed by atoms with van der Waals surface area (Å²) in [4.78, 5) is 23.0. The van der Waals surface area contributed by atoms with Crippen molar-refractivity contribution in [1.82, 2.24) is 0 Å². The first-order valence-corrected chi connectivity index (χ1v) is 10.9. The van der Waals surface area contributed by atoms with Crippen molar-refractivity contribution in [3.05, 3.63) is 92.4 Å². The Kier molecular flexibility index (Phi) is 6.18. The fourth-order valence-corrected chi connectivity index (χ4v) is 4.04. The molecule has 0 aliphatic rings. The third-order valence-corrected chi connectivity index (χ3v) is 6.19. The van der Waals surface area contributed by atoms with Crippen molar-refractivity contribution in [2.45, 2.75) is 11.8 Å². The molecule has 0 aliphatic heterocycles. The van der Waals surface area contributed by atoms with E-state index in [-0.39, 0.29) is 21.7 Å². The number of anilines is 2. The summed E-state index contributed by atoms with van der Waals surface area (Å²) in [6.07, 6.45) is 0. The van der Waals surface area contributed by atoms with Gasteiger partial charge in [-0.25, -0.2) is 8.42 Å². The standard InChI is InChI=1S/C20H16BrN3O5S/c1-13-18(3-2-4-19(13)24(26)27)20(25)22-15-9-11-17(12-10-15)30(28,29)23-16-7-5-14(21)6-8-16/h2-12,23H,1H3,(H,22,25). The number of benzene rings is 3. The number of hydrogen-bond donors (Lipinski definition) is 2. The Morgan fingerprint density at radius 3 is 2.17 bits per heavy atom. The molecule has 0 saturated heterocycles. The van der Waals surface area contributed by atoms with Crippen molar-refractivity contribution < 1.29 is 18.1 Å². The van der Waals surface area contributed by atoms with Gasteiger partial charge in [-0.3, -0.25) is 19.6 Å². The van der Waals surface area contributed by atoms with Crippen molar-refractivity contribution in [3.8, 4) is 0 Å². The molecule has 0 atom stereocenters. The van der Waals surface area contributed by atoms with Gasteiger partial charge in [0.15, 0.2) is 0 Å². The number of sulfonamides is 1. The highest BCUT2D eigenvalue weighted by molar-refractivity contribution is 9.10. The first-order chi connectivity index (χ1) is 14.2. The normalized spacial score (nSPS) is 11.0. The zero-order valence-corrected chi connectivity index (χ0v) is 18.0. The van der Waals surface area contributed by atoms with Crippen molar-refractivity contribution in [3.63, 3.8) is 0 Å². The van der Waals surface area contributed by atoms with Crippen LogP contribution >= 0.6 is 15.9 Å². The van der Waals surface area contributed by atoms with Crippen molar-refractivity contribution in [1.29, 1.82) is 0 Å². The topological polar surface area (TPSA) is 118 Å². The fraction of sp³-hybridized carbons (Fsp3) is 0.0500. The van der Waals surface area contributed by atoms with Gasteiger partial charge in [0.2, 0.25) is 0 Å². The molecule has 3 aromatic rings. The molecule has 154 valence electrons. The molecule has 0 fully saturated rings. The Morgan fingerprint density at radius 2 is 1.57 bits per heavy atom. The number of rotatable bonds is 6. The lowest BCUT2D eigenvalue weighted by molar-refractivity contribution is -0.385. The number of hydrogen-bond acceptors (Lipinski definition) is 5. The van der Waals surface area contributed by atoms with E-state index >= 15 is 0 Å². The molecule has 0 heterocycles. The van der Waals surface area contributed by atoms with Gasteiger partial charge in [0, 0.05) is 33.0 Å². The molecule has 0 saturated carbocycles. The molecule has 3 rings (SSSR count). The molecule has 0 spiro atoms. The molecule has 3 aromatic carbocycles. The maximum atomic E-state index is 12.5. The number of nitrogens with zero attached hydrogens (tertiary/aromatic N) is 1.